The highest BCUT2D eigenvalue weighted by Gasteiger charge is 2.08. The second kappa shape index (κ2) is 3.76. The zero-order valence-corrected chi connectivity index (χ0v) is 8.48. The number of hydrogen-bond donors (Lipinski definition) is 1. The number of aryl methyl sites for hydroxylation is 1. The Morgan fingerprint density at radius 3 is 2.58 bits per heavy atom. The fourth-order valence-corrected chi connectivity index (χ4v) is 1.62. The number of nitrogen functional groups attached to an aromatic ring is 1. The van der Waals surface area contributed by atoms with Crippen LogP contribution in [-0.4, -0.2) is 22.5 Å². The van der Waals surface area contributed by atoms with Crippen LogP contribution < -0.4 is 5.73 Å². The second-order valence-corrected chi connectivity index (χ2v) is 5.24. The van der Waals surface area contributed by atoms with Crippen molar-refractivity contribution in [1.29, 1.82) is 0 Å². The van der Waals surface area contributed by atoms with Crippen molar-refractivity contribution in [2.45, 2.75) is 12.7 Å². The molecule has 1 heterocycles. The van der Waals surface area contributed by atoms with Crippen LogP contribution in [-0.2, 0) is 16.6 Å². The van der Waals surface area contributed by atoms with Crippen molar-refractivity contribution in [3.8, 4) is 0 Å². The molecule has 0 saturated carbocycles. The molecule has 12 heavy (non-hydrogen) atoms. The minimum absolute atomic E-state index is 0.336. The highest BCUT2D eigenvalue weighted by atomic mass is 32.2. The Kier molecular flexibility index (Phi) is 2.92. The standard InChI is InChI=1S/C8H14N3S/c1-6-4-7(9)11-8(10-6)5-12(2)3/h4H,5H2,1-3H3,(H2,9,10,11)/q+1. The molecule has 0 radical (unpaired) electrons. The molecule has 0 unspecified atom stereocenters. The number of nitrogens with zero attached hydrogens (tertiary/aromatic N) is 2. The van der Waals surface area contributed by atoms with Gasteiger partial charge in [0.25, 0.3) is 0 Å². The molecule has 1 rings (SSSR count). The van der Waals surface area contributed by atoms with E-state index in [1.807, 2.05) is 6.92 Å². The Hall–Kier alpha value is -0.770. The third kappa shape index (κ3) is 2.70. The molecule has 0 saturated heterocycles. The first kappa shape index (κ1) is 9.32. The van der Waals surface area contributed by atoms with Crippen molar-refractivity contribution in [3.63, 3.8) is 0 Å². The van der Waals surface area contributed by atoms with Gasteiger partial charge in [-0.1, -0.05) is 0 Å². The fourth-order valence-electron chi connectivity index (χ4n) is 0.979. The zero-order chi connectivity index (χ0) is 9.14. The van der Waals surface area contributed by atoms with E-state index in [0.29, 0.717) is 16.7 Å². The third-order valence-corrected chi connectivity index (χ3v) is 2.17. The number of aromatic nitrogens is 2. The normalized spacial score (nSPS) is 10.7. The molecule has 0 aliphatic carbocycles. The number of rotatable bonds is 2. The van der Waals surface area contributed by atoms with E-state index in [1.54, 1.807) is 6.07 Å². The largest absolute Gasteiger partial charge is 0.384 e. The minimum atomic E-state index is 0.336. The predicted octanol–water partition coefficient (Wildman–Crippen LogP) is 0.745. The van der Waals surface area contributed by atoms with Gasteiger partial charge in [-0.15, -0.1) is 0 Å². The first-order chi connectivity index (χ1) is 5.58. The van der Waals surface area contributed by atoms with Crippen molar-refractivity contribution >= 4 is 16.7 Å². The fraction of sp³-hybridized carbons (Fsp3) is 0.500. The lowest BCUT2D eigenvalue weighted by Gasteiger charge is -2.00. The molecule has 0 fully saturated rings. The summed E-state index contributed by atoms with van der Waals surface area (Å²) in [5, 5.41) is 0. The van der Waals surface area contributed by atoms with Crippen molar-refractivity contribution in [1.82, 2.24) is 9.97 Å². The van der Waals surface area contributed by atoms with Crippen molar-refractivity contribution in [2.24, 2.45) is 0 Å². The molecule has 1 aromatic rings. The monoisotopic (exact) mass is 184 g/mol. The number of anilines is 1. The summed E-state index contributed by atoms with van der Waals surface area (Å²) in [4.78, 5) is 8.44. The summed E-state index contributed by atoms with van der Waals surface area (Å²) >= 11 is 0. The van der Waals surface area contributed by atoms with Crippen LogP contribution in [0.1, 0.15) is 11.5 Å². The summed E-state index contributed by atoms with van der Waals surface area (Å²) in [5.74, 6) is 2.36. The summed E-state index contributed by atoms with van der Waals surface area (Å²) in [6.45, 7) is 1.94. The summed E-state index contributed by atoms with van der Waals surface area (Å²) < 4.78 is 0. The number of hydrogen-bond acceptors (Lipinski definition) is 3. The quantitative estimate of drug-likeness (QED) is 0.690. The highest BCUT2D eigenvalue weighted by Crippen LogP contribution is 2.04. The minimum Gasteiger partial charge on any atom is -0.384 e. The smallest absolute Gasteiger partial charge is 0.180 e. The van der Waals surface area contributed by atoms with Crippen LogP contribution in [0.3, 0.4) is 0 Å². The first-order valence-corrected chi connectivity index (χ1v) is 5.93. The van der Waals surface area contributed by atoms with E-state index in [9.17, 15) is 0 Å². The van der Waals surface area contributed by atoms with Crippen LogP contribution in [0.25, 0.3) is 0 Å². The lowest BCUT2D eigenvalue weighted by molar-refractivity contribution is 1.00. The summed E-state index contributed by atoms with van der Waals surface area (Å²) in [5.41, 5.74) is 6.53. The second-order valence-electron chi connectivity index (χ2n) is 2.98. The maximum absolute atomic E-state index is 5.59. The lowest BCUT2D eigenvalue weighted by Crippen LogP contribution is -2.06. The molecule has 0 aliphatic heterocycles. The maximum Gasteiger partial charge on any atom is 0.180 e. The van der Waals surface area contributed by atoms with Crippen molar-refractivity contribution in [2.75, 3.05) is 18.2 Å². The average Bonchev–Trinajstić information content (AvgIpc) is 1.81. The van der Waals surface area contributed by atoms with E-state index in [-0.39, 0.29) is 0 Å². The van der Waals surface area contributed by atoms with Crippen LogP contribution in [0.4, 0.5) is 5.82 Å². The zero-order valence-electron chi connectivity index (χ0n) is 7.66. The van der Waals surface area contributed by atoms with Gasteiger partial charge in [0.1, 0.15) is 5.82 Å². The van der Waals surface area contributed by atoms with Gasteiger partial charge in [0.05, 0.1) is 12.5 Å². The number of nitrogens with two attached hydrogens (primary N) is 1. The Morgan fingerprint density at radius 1 is 1.42 bits per heavy atom. The molecule has 0 spiro atoms. The average molecular weight is 184 g/mol. The Morgan fingerprint density at radius 2 is 2.08 bits per heavy atom. The summed E-state index contributed by atoms with van der Waals surface area (Å²) in [7, 11) is 0.336. The molecule has 0 aliphatic rings. The van der Waals surface area contributed by atoms with Gasteiger partial charge in [0.2, 0.25) is 0 Å². The van der Waals surface area contributed by atoms with E-state index >= 15 is 0 Å². The molecular formula is C8H14N3S+. The predicted molar refractivity (Wildman–Crippen MR) is 54.1 cm³/mol. The molecule has 3 nitrogen and oxygen atoms in total. The molecule has 0 aromatic carbocycles. The third-order valence-electron chi connectivity index (χ3n) is 1.34. The van der Waals surface area contributed by atoms with Crippen LogP contribution in [0.5, 0.6) is 0 Å². The summed E-state index contributed by atoms with van der Waals surface area (Å²) in [6.07, 6.45) is 4.34. The van der Waals surface area contributed by atoms with Crippen LogP contribution in [0, 0.1) is 6.92 Å². The van der Waals surface area contributed by atoms with Crippen molar-refractivity contribution in [3.05, 3.63) is 17.6 Å². The van der Waals surface area contributed by atoms with E-state index in [2.05, 4.69) is 22.5 Å². The molecular weight excluding hydrogens is 170 g/mol. The molecule has 0 atom stereocenters. The van der Waals surface area contributed by atoms with Crippen LogP contribution >= 0.6 is 0 Å². The van der Waals surface area contributed by atoms with Gasteiger partial charge in [0.15, 0.2) is 11.6 Å². The van der Waals surface area contributed by atoms with Crippen molar-refractivity contribution < 1.29 is 0 Å². The highest BCUT2D eigenvalue weighted by molar-refractivity contribution is 7.94. The van der Waals surface area contributed by atoms with E-state index in [1.165, 1.54) is 0 Å². The first-order valence-electron chi connectivity index (χ1n) is 3.72. The van der Waals surface area contributed by atoms with Gasteiger partial charge in [-0.25, -0.2) is 9.97 Å². The Balaban J connectivity index is 2.85. The van der Waals surface area contributed by atoms with E-state index < -0.39 is 0 Å². The van der Waals surface area contributed by atoms with Crippen LogP contribution in [0.15, 0.2) is 6.07 Å². The Bertz CT molecular complexity index is 253. The molecule has 0 bridgehead atoms. The lowest BCUT2D eigenvalue weighted by atomic mass is 10.4. The summed E-state index contributed by atoms with van der Waals surface area (Å²) in [6, 6.07) is 1.78. The van der Waals surface area contributed by atoms with Gasteiger partial charge in [-0.05, 0) is 17.8 Å². The van der Waals surface area contributed by atoms with Gasteiger partial charge >= 0.3 is 0 Å². The maximum atomic E-state index is 5.59. The van der Waals surface area contributed by atoms with E-state index in [0.717, 1.165) is 17.3 Å². The van der Waals surface area contributed by atoms with Gasteiger partial charge in [-0.2, -0.15) is 0 Å². The molecule has 4 heteroatoms. The molecule has 0 amide bonds. The topological polar surface area (TPSA) is 51.8 Å². The SMILES string of the molecule is Cc1cc(N)nc(C[S+](C)C)n1. The molecule has 66 valence electrons. The van der Waals surface area contributed by atoms with Crippen LogP contribution in [0.2, 0.25) is 0 Å². The van der Waals surface area contributed by atoms with Gasteiger partial charge < -0.3 is 5.73 Å². The molecule has 1 aromatic heterocycles. The van der Waals surface area contributed by atoms with Gasteiger partial charge in [0, 0.05) is 11.8 Å². The Labute approximate surface area is 75.8 Å². The molecule has 2 N–H and O–H groups in total. The van der Waals surface area contributed by atoms with E-state index in [4.69, 9.17) is 5.73 Å². The van der Waals surface area contributed by atoms with Gasteiger partial charge in [-0.3, -0.25) is 0 Å².